The molecule has 1 saturated carbocycles. The minimum Gasteiger partial charge on any atom is -0.326 e. The average molecular weight is 261 g/mol. The lowest BCUT2D eigenvalue weighted by molar-refractivity contribution is 0.355. The molecule has 18 heavy (non-hydrogen) atoms. The Morgan fingerprint density at radius 2 is 1.78 bits per heavy atom. The minimum atomic E-state index is 0.564. The molecule has 1 aromatic heterocycles. The molecule has 0 bridgehead atoms. The van der Waals surface area contributed by atoms with Gasteiger partial charge in [-0.1, -0.05) is 61.2 Å². The van der Waals surface area contributed by atoms with Crippen LogP contribution < -0.4 is 0 Å². The normalized spacial score (nSPS) is 16.9. The predicted molar refractivity (Wildman–Crippen MR) is 74.8 cm³/mol. The lowest BCUT2D eigenvalue weighted by Crippen LogP contribution is -2.13. The second-order valence-corrected chi connectivity index (χ2v) is 5.34. The number of benzene rings is 1. The molecule has 94 valence electrons. The zero-order valence-corrected chi connectivity index (χ0v) is 11.1. The average Bonchev–Trinajstić information content (AvgIpc) is 2.83. The van der Waals surface area contributed by atoms with Gasteiger partial charge >= 0.3 is 0 Å². The number of halogens is 1. The molecule has 0 amide bonds. The van der Waals surface area contributed by atoms with Crippen molar-refractivity contribution in [1.82, 2.24) is 9.55 Å². The van der Waals surface area contributed by atoms with Gasteiger partial charge in [0, 0.05) is 17.8 Å². The molecular weight excluding hydrogens is 244 g/mol. The van der Waals surface area contributed by atoms with Gasteiger partial charge in [-0.15, -0.1) is 0 Å². The van der Waals surface area contributed by atoms with Crippen LogP contribution in [0.25, 0.3) is 11.4 Å². The molecule has 0 N–H and O–H groups in total. The summed E-state index contributed by atoms with van der Waals surface area (Å²) in [6, 6.07) is 10.9. The second-order valence-electron chi connectivity index (χ2n) is 4.95. The summed E-state index contributed by atoms with van der Waals surface area (Å²) in [6.07, 6.45) is 8.46. The Kier molecular flexibility index (Phi) is 3.37. The summed E-state index contributed by atoms with van der Waals surface area (Å²) in [5.74, 6) is 1.01. The van der Waals surface area contributed by atoms with Crippen LogP contribution in [0.4, 0.5) is 0 Å². The van der Waals surface area contributed by atoms with E-state index in [9.17, 15) is 0 Å². The molecule has 0 radical (unpaired) electrons. The third-order valence-corrected chi connectivity index (χ3v) is 3.89. The van der Waals surface area contributed by atoms with Gasteiger partial charge in [-0.25, -0.2) is 4.98 Å². The molecule has 0 spiro atoms. The Bertz CT molecular complexity index is 513. The molecule has 1 aliphatic carbocycles. The van der Waals surface area contributed by atoms with Crippen molar-refractivity contribution in [2.45, 2.75) is 38.1 Å². The van der Waals surface area contributed by atoms with Crippen LogP contribution in [0.15, 0.2) is 36.5 Å². The van der Waals surface area contributed by atoms with E-state index < -0.39 is 0 Å². The number of hydrogen-bond acceptors (Lipinski definition) is 1. The second kappa shape index (κ2) is 5.15. The van der Waals surface area contributed by atoms with Crippen molar-refractivity contribution in [2.24, 2.45) is 0 Å². The number of rotatable bonds is 2. The smallest absolute Gasteiger partial charge is 0.147 e. The first kappa shape index (κ1) is 11.8. The summed E-state index contributed by atoms with van der Waals surface area (Å²) >= 11 is 6.10. The maximum absolute atomic E-state index is 6.10. The Balaban J connectivity index is 1.99. The maximum atomic E-state index is 6.10. The molecule has 1 aliphatic rings. The van der Waals surface area contributed by atoms with Crippen molar-refractivity contribution in [3.8, 4) is 11.4 Å². The van der Waals surface area contributed by atoms with E-state index in [4.69, 9.17) is 11.6 Å². The van der Waals surface area contributed by atoms with Crippen molar-refractivity contribution in [3.63, 3.8) is 0 Å². The Morgan fingerprint density at radius 3 is 2.50 bits per heavy atom. The minimum absolute atomic E-state index is 0.564. The van der Waals surface area contributed by atoms with Crippen molar-refractivity contribution in [2.75, 3.05) is 0 Å². The van der Waals surface area contributed by atoms with Crippen molar-refractivity contribution >= 4 is 11.6 Å². The van der Waals surface area contributed by atoms with Crippen LogP contribution in [-0.4, -0.2) is 9.55 Å². The highest BCUT2D eigenvalue weighted by atomic mass is 35.5. The van der Waals surface area contributed by atoms with Crippen LogP contribution in [0, 0.1) is 0 Å². The topological polar surface area (TPSA) is 17.8 Å². The van der Waals surface area contributed by atoms with E-state index in [2.05, 4.69) is 21.7 Å². The first-order chi connectivity index (χ1) is 8.84. The highest BCUT2D eigenvalue weighted by Gasteiger charge is 2.19. The number of hydrogen-bond donors (Lipinski definition) is 0. The third kappa shape index (κ3) is 2.30. The van der Waals surface area contributed by atoms with Gasteiger partial charge in [0.15, 0.2) is 0 Å². The van der Waals surface area contributed by atoms with Gasteiger partial charge in [-0.05, 0) is 12.8 Å². The van der Waals surface area contributed by atoms with Crippen LogP contribution in [-0.2, 0) is 0 Å². The summed E-state index contributed by atoms with van der Waals surface area (Å²) < 4.78 is 2.27. The third-order valence-electron chi connectivity index (χ3n) is 3.70. The molecule has 0 atom stereocenters. The monoisotopic (exact) mass is 260 g/mol. The lowest BCUT2D eigenvalue weighted by Gasteiger charge is -2.24. The maximum Gasteiger partial charge on any atom is 0.147 e. The van der Waals surface area contributed by atoms with E-state index >= 15 is 0 Å². The standard InChI is InChI=1S/C15H17ClN2/c16-14-11-18(13-9-5-2-6-10-13)15(17-14)12-7-3-1-4-8-12/h1,3-4,7-8,11,13H,2,5-6,9-10H2. The molecule has 0 unspecified atom stereocenters. The van der Waals surface area contributed by atoms with Gasteiger partial charge in [-0.2, -0.15) is 0 Å². The quantitative estimate of drug-likeness (QED) is 0.765. The zero-order valence-electron chi connectivity index (χ0n) is 10.3. The van der Waals surface area contributed by atoms with Crippen LogP contribution in [0.3, 0.4) is 0 Å². The van der Waals surface area contributed by atoms with Gasteiger partial charge in [0.05, 0.1) is 0 Å². The fourth-order valence-corrected chi connectivity index (χ4v) is 2.99. The zero-order chi connectivity index (χ0) is 12.4. The van der Waals surface area contributed by atoms with E-state index in [1.807, 2.05) is 24.4 Å². The SMILES string of the molecule is Clc1cn(C2CCCCC2)c(-c2ccccc2)n1. The Morgan fingerprint density at radius 1 is 1.06 bits per heavy atom. The molecule has 1 fully saturated rings. The van der Waals surface area contributed by atoms with Crippen molar-refractivity contribution in [3.05, 3.63) is 41.7 Å². The van der Waals surface area contributed by atoms with E-state index in [0.717, 1.165) is 11.4 Å². The summed E-state index contributed by atoms with van der Waals surface area (Å²) in [5, 5.41) is 0.597. The number of nitrogens with zero attached hydrogens (tertiary/aromatic N) is 2. The van der Waals surface area contributed by atoms with Crippen LogP contribution in [0.1, 0.15) is 38.1 Å². The van der Waals surface area contributed by atoms with E-state index in [0.29, 0.717) is 11.2 Å². The lowest BCUT2D eigenvalue weighted by atomic mass is 9.95. The van der Waals surface area contributed by atoms with Gasteiger partial charge in [0.25, 0.3) is 0 Å². The molecule has 1 aromatic carbocycles. The summed E-state index contributed by atoms with van der Waals surface area (Å²) in [6.45, 7) is 0. The first-order valence-corrected chi connectivity index (χ1v) is 7.02. The predicted octanol–water partition coefficient (Wildman–Crippen LogP) is 4.71. The largest absolute Gasteiger partial charge is 0.326 e. The molecule has 1 heterocycles. The van der Waals surface area contributed by atoms with Gasteiger partial charge < -0.3 is 4.57 Å². The molecule has 2 aromatic rings. The van der Waals surface area contributed by atoms with Gasteiger partial charge in [0.2, 0.25) is 0 Å². The fourth-order valence-electron chi connectivity index (χ4n) is 2.80. The molecule has 3 rings (SSSR count). The highest BCUT2D eigenvalue weighted by molar-refractivity contribution is 6.29. The first-order valence-electron chi connectivity index (χ1n) is 6.64. The summed E-state index contributed by atoms with van der Waals surface area (Å²) in [4.78, 5) is 4.48. The van der Waals surface area contributed by atoms with E-state index in [-0.39, 0.29) is 0 Å². The molecule has 0 aliphatic heterocycles. The molecule has 3 heteroatoms. The van der Waals surface area contributed by atoms with Crippen LogP contribution in [0.5, 0.6) is 0 Å². The summed E-state index contributed by atoms with van der Waals surface area (Å²) in [7, 11) is 0. The summed E-state index contributed by atoms with van der Waals surface area (Å²) in [5.41, 5.74) is 1.15. The van der Waals surface area contributed by atoms with Crippen molar-refractivity contribution < 1.29 is 0 Å². The van der Waals surface area contributed by atoms with E-state index in [1.165, 1.54) is 32.1 Å². The Labute approximate surface area is 113 Å². The number of aromatic nitrogens is 2. The van der Waals surface area contributed by atoms with Gasteiger partial charge in [0.1, 0.15) is 11.0 Å². The molecular formula is C15H17ClN2. The van der Waals surface area contributed by atoms with Crippen LogP contribution in [0.2, 0.25) is 5.15 Å². The molecule has 2 nitrogen and oxygen atoms in total. The van der Waals surface area contributed by atoms with E-state index in [1.54, 1.807) is 0 Å². The fraction of sp³-hybridized carbons (Fsp3) is 0.400. The highest BCUT2D eigenvalue weighted by Crippen LogP contribution is 2.33. The van der Waals surface area contributed by atoms with Crippen LogP contribution >= 0.6 is 11.6 Å². The van der Waals surface area contributed by atoms with Crippen molar-refractivity contribution in [1.29, 1.82) is 0 Å². The number of imidazole rings is 1. The Hall–Kier alpha value is -1.28. The molecule has 0 saturated heterocycles. The van der Waals surface area contributed by atoms with Gasteiger partial charge in [-0.3, -0.25) is 0 Å².